The van der Waals surface area contributed by atoms with Crippen molar-refractivity contribution in [3.8, 4) is 11.5 Å². The first-order chi connectivity index (χ1) is 11.0. The lowest BCUT2D eigenvalue weighted by Crippen LogP contribution is -2.13. The molecule has 1 aromatic carbocycles. The van der Waals surface area contributed by atoms with Crippen LogP contribution >= 0.6 is 27.7 Å². The van der Waals surface area contributed by atoms with Crippen molar-refractivity contribution in [1.29, 1.82) is 0 Å². The molecule has 0 N–H and O–H groups in total. The van der Waals surface area contributed by atoms with E-state index in [2.05, 4.69) is 26.1 Å². The zero-order valence-corrected chi connectivity index (χ0v) is 14.8. The van der Waals surface area contributed by atoms with E-state index in [-0.39, 0.29) is 11.0 Å². The molecule has 0 fully saturated rings. The molecule has 0 aliphatic rings. The van der Waals surface area contributed by atoms with Crippen molar-refractivity contribution >= 4 is 33.5 Å². The van der Waals surface area contributed by atoms with E-state index < -0.39 is 0 Å². The summed E-state index contributed by atoms with van der Waals surface area (Å²) < 4.78 is 11.8. The summed E-state index contributed by atoms with van der Waals surface area (Å²) in [7, 11) is 0. The third-order valence-electron chi connectivity index (χ3n) is 3.27. The van der Waals surface area contributed by atoms with Crippen LogP contribution in [0, 0.1) is 6.92 Å². The van der Waals surface area contributed by atoms with Crippen molar-refractivity contribution in [2.45, 2.75) is 24.3 Å². The van der Waals surface area contributed by atoms with E-state index in [1.165, 1.54) is 11.8 Å². The Balaban J connectivity index is 1.72. The molecule has 7 heteroatoms. The Bertz CT molecular complexity index is 826. The van der Waals surface area contributed by atoms with Crippen molar-refractivity contribution in [3.63, 3.8) is 0 Å². The van der Waals surface area contributed by atoms with Gasteiger partial charge in [0.2, 0.25) is 0 Å². The van der Waals surface area contributed by atoms with Gasteiger partial charge in [0.15, 0.2) is 5.78 Å². The second-order valence-corrected chi connectivity index (χ2v) is 7.10. The summed E-state index contributed by atoms with van der Waals surface area (Å²) in [4.78, 5) is 12.4. The second kappa shape index (κ2) is 6.72. The minimum Gasteiger partial charge on any atom is -0.469 e. The SMILES string of the molecule is Cc1occc1-c1nnc(SC(C)C(=O)c2ccc(Br)cc2)o1. The Morgan fingerprint density at radius 3 is 2.61 bits per heavy atom. The highest BCUT2D eigenvalue weighted by Crippen LogP contribution is 2.29. The van der Waals surface area contributed by atoms with E-state index in [4.69, 9.17) is 8.83 Å². The Hall–Kier alpha value is -1.86. The van der Waals surface area contributed by atoms with Crippen LogP contribution in [-0.2, 0) is 0 Å². The lowest BCUT2D eigenvalue weighted by Gasteiger charge is -2.07. The summed E-state index contributed by atoms with van der Waals surface area (Å²) >= 11 is 4.60. The van der Waals surface area contributed by atoms with Crippen molar-refractivity contribution in [1.82, 2.24) is 10.2 Å². The molecule has 2 aromatic heterocycles. The summed E-state index contributed by atoms with van der Waals surface area (Å²) in [6.07, 6.45) is 1.57. The molecular weight excluding hydrogens is 380 g/mol. The third kappa shape index (κ3) is 3.56. The number of aryl methyl sites for hydroxylation is 1. The maximum absolute atomic E-state index is 12.4. The summed E-state index contributed by atoms with van der Waals surface area (Å²) in [5.74, 6) is 1.12. The molecule has 3 rings (SSSR count). The number of thioether (sulfide) groups is 1. The Labute approximate surface area is 145 Å². The van der Waals surface area contributed by atoms with E-state index >= 15 is 0 Å². The van der Waals surface area contributed by atoms with Gasteiger partial charge in [0.1, 0.15) is 5.76 Å². The van der Waals surface area contributed by atoms with E-state index in [1.807, 2.05) is 26.0 Å². The number of aromatic nitrogens is 2. The molecule has 1 unspecified atom stereocenters. The number of benzene rings is 1. The zero-order valence-electron chi connectivity index (χ0n) is 12.4. The number of carbonyl (C=O) groups excluding carboxylic acids is 1. The first-order valence-corrected chi connectivity index (χ1v) is 8.56. The van der Waals surface area contributed by atoms with Crippen LogP contribution in [0.4, 0.5) is 0 Å². The highest BCUT2D eigenvalue weighted by Gasteiger charge is 2.20. The zero-order chi connectivity index (χ0) is 16.4. The molecule has 3 aromatic rings. The lowest BCUT2D eigenvalue weighted by molar-refractivity contribution is 0.0993. The number of rotatable bonds is 5. The van der Waals surface area contributed by atoms with Crippen molar-refractivity contribution in [2.24, 2.45) is 0 Å². The number of hydrogen-bond acceptors (Lipinski definition) is 6. The predicted octanol–water partition coefficient (Wildman–Crippen LogP) is 4.76. The average molecular weight is 393 g/mol. The molecule has 0 spiro atoms. The smallest absolute Gasteiger partial charge is 0.277 e. The fourth-order valence-corrected chi connectivity index (χ4v) is 3.05. The van der Waals surface area contributed by atoms with Gasteiger partial charge >= 0.3 is 0 Å². The molecule has 1 atom stereocenters. The monoisotopic (exact) mass is 392 g/mol. The Morgan fingerprint density at radius 1 is 1.22 bits per heavy atom. The summed E-state index contributed by atoms with van der Waals surface area (Å²) in [6.45, 7) is 3.65. The lowest BCUT2D eigenvalue weighted by atomic mass is 10.1. The molecule has 5 nitrogen and oxygen atoms in total. The van der Waals surface area contributed by atoms with Crippen molar-refractivity contribution in [3.05, 3.63) is 52.4 Å². The topological polar surface area (TPSA) is 69.1 Å². The van der Waals surface area contributed by atoms with Gasteiger partial charge in [0, 0.05) is 10.0 Å². The first kappa shape index (κ1) is 16.0. The fraction of sp³-hybridized carbons (Fsp3) is 0.188. The number of hydrogen-bond donors (Lipinski definition) is 0. The molecule has 0 aliphatic carbocycles. The van der Waals surface area contributed by atoms with E-state index in [0.29, 0.717) is 22.4 Å². The van der Waals surface area contributed by atoms with Crippen LogP contribution < -0.4 is 0 Å². The van der Waals surface area contributed by atoms with E-state index in [1.54, 1.807) is 24.5 Å². The highest BCUT2D eigenvalue weighted by molar-refractivity contribution is 9.10. The highest BCUT2D eigenvalue weighted by atomic mass is 79.9. The Morgan fingerprint density at radius 2 is 1.96 bits per heavy atom. The number of halogens is 1. The molecule has 0 bridgehead atoms. The largest absolute Gasteiger partial charge is 0.469 e. The number of Topliss-reactive ketones (excluding diaryl/α,β-unsaturated/α-hetero) is 1. The third-order valence-corrected chi connectivity index (χ3v) is 4.73. The molecule has 118 valence electrons. The van der Waals surface area contributed by atoms with Crippen LogP contribution in [0.25, 0.3) is 11.5 Å². The van der Waals surface area contributed by atoms with Gasteiger partial charge in [-0.2, -0.15) is 0 Å². The standard InChI is InChI=1S/C16H13BrN2O3S/c1-9-13(7-8-21-9)15-18-19-16(22-15)23-10(2)14(20)11-3-5-12(17)6-4-11/h3-8,10H,1-2H3. The van der Waals surface area contributed by atoms with Gasteiger partial charge in [-0.1, -0.05) is 39.8 Å². The maximum atomic E-state index is 12.4. The van der Waals surface area contributed by atoms with Crippen LogP contribution in [0.5, 0.6) is 0 Å². The molecule has 0 radical (unpaired) electrons. The molecule has 0 aliphatic heterocycles. The summed E-state index contributed by atoms with van der Waals surface area (Å²) in [6, 6.07) is 9.04. The predicted molar refractivity (Wildman–Crippen MR) is 90.5 cm³/mol. The average Bonchev–Trinajstić information content (AvgIpc) is 3.16. The number of carbonyl (C=O) groups is 1. The quantitative estimate of drug-likeness (QED) is 0.460. The van der Waals surface area contributed by atoms with Crippen molar-refractivity contribution < 1.29 is 13.6 Å². The maximum Gasteiger partial charge on any atom is 0.277 e. The fourth-order valence-electron chi connectivity index (χ4n) is 2.03. The molecule has 0 amide bonds. The minimum atomic E-state index is -0.324. The number of ketones is 1. The first-order valence-electron chi connectivity index (χ1n) is 6.89. The van der Waals surface area contributed by atoms with Gasteiger partial charge in [-0.05, 0) is 32.0 Å². The Kier molecular flexibility index (Phi) is 4.68. The minimum absolute atomic E-state index is 0.0155. The van der Waals surface area contributed by atoms with Crippen LogP contribution in [0.15, 0.2) is 55.1 Å². The number of nitrogens with zero attached hydrogens (tertiary/aromatic N) is 2. The number of furan rings is 1. The van der Waals surface area contributed by atoms with E-state index in [0.717, 1.165) is 10.0 Å². The van der Waals surface area contributed by atoms with Crippen LogP contribution in [-0.4, -0.2) is 21.2 Å². The van der Waals surface area contributed by atoms with Crippen LogP contribution in [0.3, 0.4) is 0 Å². The van der Waals surface area contributed by atoms with Crippen molar-refractivity contribution in [2.75, 3.05) is 0 Å². The van der Waals surface area contributed by atoms with Gasteiger partial charge in [-0.3, -0.25) is 4.79 Å². The van der Waals surface area contributed by atoms with Gasteiger partial charge in [0.25, 0.3) is 11.1 Å². The molecule has 0 saturated carbocycles. The van der Waals surface area contributed by atoms with Gasteiger partial charge in [0.05, 0.1) is 17.1 Å². The van der Waals surface area contributed by atoms with Crippen LogP contribution in [0.1, 0.15) is 23.0 Å². The molecular formula is C16H13BrN2O3S. The van der Waals surface area contributed by atoms with Crippen LogP contribution in [0.2, 0.25) is 0 Å². The molecule has 2 heterocycles. The van der Waals surface area contributed by atoms with Gasteiger partial charge < -0.3 is 8.83 Å². The summed E-state index contributed by atoms with van der Waals surface area (Å²) in [5.41, 5.74) is 1.41. The van der Waals surface area contributed by atoms with Gasteiger partial charge in [-0.15, -0.1) is 10.2 Å². The normalized spacial score (nSPS) is 12.3. The summed E-state index contributed by atoms with van der Waals surface area (Å²) in [5, 5.41) is 8.03. The molecule has 23 heavy (non-hydrogen) atoms. The van der Waals surface area contributed by atoms with Gasteiger partial charge in [-0.25, -0.2) is 0 Å². The van der Waals surface area contributed by atoms with E-state index in [9.17, 15) is 4.79 Å². The molecule has 0 saturated heterocycles. The second-order valence-electron chi connectivity index (χ2n) is 4.89.